The second-order valence-electron chi connectivity index (χ2n) is 5.17. The first kappa shape index (κ1) is 12.4. The number of piperidine rings is 1. The van der Waals surface area contributed by atoms with Crippen LogP contribution in [0.15, 0.2) is 0 Å². The molecule has 17 heavy (non-hydrogen) atoms. The number of aliphatic carboxylic acids is 1. The first-order chi connectivity index (χ1) is 8.10. The van der Waals surface area contributed by atoms with Crippen molar-refractivity contribution in [2.45, 2.75) is 44.2 Å². The van der Waals surface area contributed by atoms with Crippen molar-refractivity contribution in [2.24, 2.45) is 5.92 Å². The van der Waals surface area contributed by atoms with Crippen molar-refractivity contribution in [3.8, 4) is 0 Å². The summed E-state index contributed by atoms with van der Waals surface area (Å²) in [4.78, 5) is 24.4. The fraction of sp³-hybridized carbons (Fsp3) is 0.833. The van der Waals surface area contributed by atoms with Crippen LogP contribution < -0.4 is 5.32 Å². The van der Waals surface area contributed by atoms with Crippen molar-refractivity contribution in [3.63, 3.8) is 0 Å². The van der Waals surface area contributed by atoms with E-state index in [4.69, 9.17) is 5.11 Å². The highest BCUT2D eigenvalue weighted by Gasteiger charge is 2.41. The molecular weight excluding hydrogens is 220 g/mol. The number of fused-ring (bicyclic) bond motifs is 2. The van der Waals surface area contributed by atoms with Gasteiger partial charge in [-0.1, -0.05) is 0 Å². The zero-order valence-electron chi connectivity index (χ0n) is 10.2. The average molecular weight is 240 g/mol. The van der Waals surface area contributed by atoms with Crippen molar-refractivity contribution in [1.29, 1.82) is 0 Å². The van der Waals surface area contributed by atoms with E-state index < -0.39 is 5.97 Å². The fourth-order valence-electron chi connectivity index (χ4n) is 3.30. The van der Waals surface area contributed by atoms with Crippen LogP contribution in [0.3, 0.4) is 0 Å². The van der Waals surface area contributed by atoms with Gasteiger partial charge in [0.1, 0.15) is 0 Å². The third-order valence-electron chi connectivity index (χ3n) is 4.05. The predicted octanol–water partition coefficient (Wildman–Crippen LogP) is 0.450. The van der Waals surface area contributed by atoms with Crippen LogP contribution in [0.25, 0.3) is 0 Å². The number of carbonyl (C=O) groups excluding carboxylic acids is 1. The van der Waals surface area contributed by atoms with Crippen LogP contribution in [0.2, 0.25) is 0 Å². The lowest BCUT2D eigenvalue weighted by atomic mass is 9.88. The van der Waals surface area contributed by atoms with Gasteiger partial charge in [0.05, 0.1) is 6.54 Å². The van der Waals surface area contributed by atoms with Crippen molar-refractivity contribution in [3.05, 3.63) is 0 Å². The van der Waals surface area contributed by atoms with Gasteiger partial charge >= 0.3 is 5.97 Å². The molecule has 0 aromatic heterocycles. The third kappa shape index (κ3) is 2.77. The van der Waals surface area contributed by atoms with Crippen LogP contribution in [0.1, 0.15) is 32.1 Å². The molecule has 2 rings (SSSR count). The first-order valence-electron chi connectivity index (χ1n) is 6.28. The Bertz CT molecular complexity index is 305. The summed E-state index contributed by atoms with van der Waals surface area (Å²) in [5.41, 5.74) is 0. The fourth-order valence-corrected chi connectivity index (χ4v) is 3.30. The van der Waals surface area contributed by atoms with Crippen molar-refractivity contribution in [2.75, 3.05) is 13.6 Å². The molecule has 0 spiro atoms. The summed E-state index contributed by atoms with van der Waals surface area (Å²) in [6.07, 6.45) is 4.36. The quantitative estimate of drug-likeness (QED) is 0.748. The van der Waals surface area contributed by atoms with Crippen LogP contribution in [0.4, 0.5) is 0 Å². The Morgan fingerprint density at radius 3 is 2.35 bits per heavy atom. The van der Waals surface area contributed by atoms with E-state index >= 15 is 0 Å². The van der Waals surface area contributed by atoms with E-state index in [2.05, 4.69) is 10.2 Å². The molecule has 2 atom stereocenters. The van der Waals surface area contributed by atoms with Gasteiger partial charge in [0, 0.05) is 25.6 Å². The van der Waals surface area contributed by atoms with Crippen LogP contribution >= 0.6 is 0 Å². The second kappa shape index (κ2) is 5.04. The van der Waals surface area contributed by atoms with E-state index in [0.717, 1.165) is 25.7 Å². The largest absolute Gasteiger partial charge is 0.481 e. The zero-order valence-corrected chi connectivity index (χ0v) is 10.2. The molecule has 0 saturated carbocycles. The monoisotopic (exact) mass is 240 g/mol. The Morgan fingerprint density at radius 1 is 1.29 bits per heavy atom. The lowest BCUT2D eigenvalue weighted by Gasteiger charge is -2.38. The maximum absolute atomic E-state index is 11.4. The zero-order chi connectivity index (χ0) is 12.4. The van der Waals surface area contributed by atoms with Gasteiger partial charge in [0.25, 0.3) is 0 Å². The van der Waals surface area contributed by atoms with Crippen LogP contribution in [-0.4, -0.2) is 47.6 Å². The summed E-state index contributed by atoms with van der Waals surface area (Å²) in [5.74, 6) is -0.348. The van der Waals surface area contributed by atoms with Crippen LogP contribution in [0.5, 0.6) is 0 Å². The van der Waals surface area contributed by atoms with E-state index in [0.29, 0.717) is 24.5 Å². The molecule has 2 aliphatic heterocycles. The van der Waals surface area contributed by atoms with Crippen LogP contribution in [0, 0.1) is 5.92 Å². The van der Waals surface area contributed by atoms with Crippen molar-refractivity contribution < 1.29 is 14.7 Å². The molecule has 1 amide bonds. The van der Waals surface area contributed by atoms with E-state index in [1.807, 2.05) is 0 Å². The standard InChI is InChI=1S/C12H20N2O3/c1-13-11(15)7-14-9-2-3-10(14)5-8(4-9)6-12(16)17/h8-10H,2-7H2,1H3,(H,13,15)(H,16,17). The number of nitrogens with zero attached hydrogens (tertiary/aromatic N) is 1. The number of rotatable bonds is 4. The maximum Gasteiger partial charge on any atom is 0.303 e. The van der Waals surface area contributed by atoms with Gasteiger partial charge in [-0.15, -0.1) is 0 Å². The molecule has 0 aliphatic carbocycles. The number of carbonyl (C=O) groups is 2. The third-order valence-corrected chi connectivity index (χ3v) is 4.05. The van der Waals surface area contributed by atoms with E-state index in [1.165, 1.54) is 0 Å². The molecule has 2 bridgehead atoms. The summed E-state index contributed by atoms with van der Waals surface area (Å²) in [6.45, 7) is 0.464. The minimum absolute atomic E-state index is 0.0542. The van der Waals surface area contributed by atoms with E-state index in [1.54, 1.807) is 7.05 Å². The van der Waals surface area contributed by atoms with E-state index in [-0.39, 0.29) is 12.3 Å². The van der Waals surface area contributed by atoms with Crippen molar-refractivity contribution >= 4 is 11.9 Å². The molecule has 2 saturated heterocycles. The number of carboxylic acids is 1. The first-order valence-corrected chi connectivity index (χ1v) is 6.28. The molecule has 2 heterocycles. The van der Waals surface area contributed by atoms with Gasteiger partial charge in [-0.2, -0.15) is 0 Å². The number of likely N-dealkylation sites (N-methyl/N-ethyl adjacent to an activating group) is 1. The Labute approximate surface area is 101 Å². The highest BCUT2D eigenvalue weighted by molar-refractivity contribution is 5.77. The number of carboxylic acid groups (broad SMARTS) is 1. The Kier molecular flexibility index (Phi) is 3.66. The predicted molar refractivity (Wildman–Crippen MR) is 62.6 cm³/mol. The maximum atomic E-state index is 11.4. The smallest absolute Gasteiger partial charge is 0.303 e. The molecule has 2 unspecified atom stereocenters. The molecule has 0 radical (unpaired) electrons. The van der Waals surface area contributed by atoms with Gasteiger partial charge in [0.2, 0.25) is 5.91 Å². The van der Waals surface area contributed by atoms with Gasteiger partial charge < -0.3 is 10.4 Å². The molecule has 2 N–H and O–H groups in total. The van der Waals surface area contributed by atoms with Crippen LogP contribution in [-0.2, 0) is 9.59 Å². The van der Waals surface area contributed by atoms with Gasteiger partial charge in [-0.05, 0) is 31.6 Å². The molecule has 0 aromatic rings. The van der Waals surface area contributed by atoms with Gasteiger partial charge in [-0.3, -0.25) is 14.5 Å². The molecular formula is C12H20N2O3. The van der Waals surface area contributed by atoms with Gasteiger partial charge in [0.15, 0.2) is 0 Å². The molecule has 2 aliphatic rings. The molecule has 2 fully saturated rings. The summed E-state index contributed by atoms with van der Waals surface area (Å²) < 4.78 is 0. The summed E-state index contributed by atoms with van der Waals surface area (Å²) in [6, 6.07) is 0.825. The van der Waals surface area contributed by atoms with Crippen molar-refractivity contribution in [1.82, 2.24) is 10.2 Å². The number of amides is 1. The molecule has 96 valence electrons. The normalized spacial score (nSPS) is 32.4. The van der Waals surface area contributed by atoms with E-state index in [9.17, 15) is 9.59 Å². The SMILES string of the molecule is CNC(=O)CN1C2CCC1CC(CC(=O)O)C2. The number of hydrogen-bond donors (Lipinski definition) is 2. The highest BCUT2D eigenvalue weighted by atomic mass is 16.4. The Morgan fingerprint density at radius 2 is 1.88 bits per heavy atom. The summed E-state index contributed by atoms with van der Waals surface area (Å²) in [5, 5.41) is 11.5. The molecule has 5 heteroatoms. The average Bonchev–Trinajstić information content (AvgIpc) is 2.50. The number of hydrogen-bond acceptors (Lipinski definition) is 3. The molecule has 0 aromatic carbocycles. The highest BCUT2D eigenvalue weighted by Crippen LogP contribution is 2.39. The Hall–Kier alpha value is -1.10. The minimum Gasteiger partial charge on any atom is -0.481 e. The topological polar surface area (TPSA) is 69.6 Å². The van der Waals surface area contributed by atoms with Gasteiger partial charge in [-0.25, -0.2) is 0 Å². The summed E-state index contributed by atoms with van der Waals surface area (Å²) >= 11 is 0. The number of nitrogens with one attached hydrogen (secondary N) is 1. The second-order valence-corrected chi connectivity index (χ2v) is 5.17. The molecule has 5 nitrogen and oxygen atoms in total. The lowest BCUT2D eigenvalue weighted by Crippen LogP contribution is -2.47. The Balaban J connectivity index is 1.93. The summed E-state index contributed by atoms with van der Waals surface area (Å²) in [7, 11) is 1.65. The lowest BCUT2D eigenvalue weighted by molar-refractivity contribution is -0.139. The minimum atomic E-state index is -0.700.